The molecule has 0 atom stereocenters. The minimum absolute atomic E-state index is 0.0282. The zero-order valence-electron chi connectivity index (χ0n) is 14.2. The standard InChI is InChI=1S/C17H26N2O4/c1-12-8-15(10-19-4-6-22-7-5-19)16(9-13(12)2)11-23-18-14(3)17(20)21/h4-11H2,1-3H3,(H,20,21). The van der Waals surface area contributed by atoms with Crippen LogP contribution in [-0.2, 0) is 14.4 Å². The van der Waals surface area contributed by atoms with Gasteiger partial charge in [-0.3, -0.25) is 4.90 Å². The van der Waals surface area contributed by atoms with E-state index in [1.54, 1.807) is 0 Å². The molecule has 0 bridgehead atoms. The molecule has 2 aliphatic rings. The Labute approximate surface area is 137 Å². The fourth-order valence-electron chi connectivity index (χ4n) is 2.79. The molecular weight excluding hydrogens is 296 g/mol. The summed E-state index contributed by atoms with van der Waals surface area (Å²) in [6, 6.07) is 0. The van der Waals surface area contributed by atoms with Crippen molar-refractivity contribution in [1.29, 1.82) is 0 Å². The summed E-state index contributed by atoms with van der Waals surface area (Å²) < 4.78 is 5.40. The number of rotatable bonds is 6. The largest absolute Gasteiger partial charge is 0.477 e. The summed E-state index contributed by atoms with van der Waals surface area (Å²) in [6.45, 7) is 10.5. The number of carboxylic acids is 1. The van der Waals surface area contributed by atoms with Gasteiger partial charge in [0.05, 0.1) is 13.2 Å². The number of nitrogens with zero attached hydrogens (tertiary/aromatic N) is 2. The summed E-state index contributed by atoms with van der Waals surface area (Å²) in [7, 11) is 0. The Balaban J connectivity index is 2.03. The van der Waals surface area contributed by atoms with Crippen molar-refractivity contribution in [3.05, 3.63) is 22.3 Å². The summed E-state index contributed by atoms with van der Waals surface area (Å²) in [6.07, 6.45) is 1.84. The zero-order valence-corrected chi connectivity index (χ0v) is 14.2. The molecule has 2 rings (SSSR count). The van der Waals surface area contributed by atoms with Gasteiger partial charge in [-0.05, 0) is 44.8 Å². The molecule has 1 heterocycles. The van der Waals surface area contributed by atoms with E-state index in [1.165, 1.54) is 29.2 Å². The van der Waals surface area contributed by atoms with Crippen molar-refractivity contribution in [3.63, 3.8) is 0 Å². The molecular formula is C17H26N2O4. The van der Waals surface area contributed by atoms with Crippen LogP contribution in [0.3, 0.4) is 0 Å². The lowest BCUT2D eigenvalue weighted by Gasteiger charge is -2.30. The molecule has 1 fully saturated rings. The highest BCUT2D eigenvalue weighted by atomic mass is 16.6. The zero-order chi connectivity index (χ0) is 16.8. The van der Waals surface area contributed by atoms with E-state index in [1.807, 2.05) is 0 Å². The van der Waals surface area contributed by atoms with E-state index < -0.39 is 5.97 Å². The van der Waals surface area contributed by atoms with Gasteiger partial charge >= 0.3 is 5.97 Å². The van der Waals surface area contributed by atoms with Gasteiger partial charge in [0, 0.05) is 19.6 Å². The third-order valence-electron chi connectivity index (χ3n) is 4.45. The van der Waals surface area contributed by atoms with E-state index in [0.29, 0.717) is 6.61 Å². The lowest BCUT2D eigenvalue weighted by molar-refractivity contribution is -0.129. The van der Waals surface area contributed by atoms with Crippen LogP contribution in [0.5, 0.6) is 0 Å². The van der Waals surface area contributed by atoms with Crippen LogP contribution >= 0.6 is 0 Å². The highest BCUT2D eigenvalue weighted by Gasteiger charge is 2.20. The van der Waals surface area contributed by atoms with Crippen LogP contribution in [0.15, 0.2) is 27.4 Å². The van der Waals surface area contributed by atoms with Crippen molar-refractivity contribution in [3.8, 4) is 0 Å². The third kappa shape index (κ3) is 5.18. The normalized spacial score (nSPS) is 20.9. The number of hydrogen-bond donors (Lipinski definition) is 1. The molecule has 0 unspecified atom stereocenters. The molecule has 0 saturated carbocycles. The number of carbonyl (C=O) groups is 1. The van der Waals surface area contributed by atoms with Crippen LogP contribution in [0.4, 0.5) is 0 Å². The first kappa shape index (κ1) is 17.7. The Morgan fingerprint density at radius 2 is 1.83 bits per heavy atom. The van der Waals surface area contributed by atoms with Crippen LogP contribution in [0.25, 0.3) is 0 Å². The Morgan fingerprint density at radius 3 is 2.43 bits per heavy atom. The van der Waals surface area contributed by atoms with Crippen molar-refractivity contribution in [1.82, 2.24) is 4.90 Å². The minimum Gasteiger partial charge on any atom is -0.477 e. The molecule has 0 radical (unpaired) electrons. The van der Waals surface area contributed by atoms with Gasteiger partial charge in [0.25, 0.3) is 0 Å². The van der Waals surface area contributed by atoms with Crippen molar-refractivity contribution >= 4 is 11.7 Å². The summed E-state index contributed by atoms with van der Waals surface area (Å²) in [5.41, 5.74) is 5.36. The van der Waals surface area contributed by atoms with Crippen molar-refractivity contribution in [2.24, 2.45) is 5.16 Å². The van der Waals surface area contributed by atoms with Crippen molar-refractivity contribution in [2.75, 3.05) is 39.5 Å². The van der Waals surface area contributed by atoms with Crippen LogP contribution in [-0.4, -0.2) is 61.1 Å². The topological polar surface area (TPSA) is 71.4 Å². The molecule has 0 aromatic rings. The van der Waals surface area contributed by atoms with Crippen LogP contribution in [0.2, 0.25) is 0 Å². The van der Waals surface area contributed by atoms with E-state index in [-0.39, 0.29) is 5.71 Å². The summed E-state index contributed by atoms with van der Waals surface area (Å²) in [5.74, 6) is -1.05. The molecule has 128 valence electrons. The smallest absolute Gasteiger partial charge is 0.353 e. The van der Waals surface area contributed by atoms with Crippen molar-refractivity contribution < 1.29 is 19.5 Å². The van der Waals surface area contributed by atoms with Crippen LogP contribution in [0, 0.1) is 0 Å². The van der Waals surface area contributed by atoms with Gasteiger partial charge in [-0.1, -0.05) is 16.3 Å². The second kappa shape index (κ2) is 8.26. The van der Waals surface area contributed by atoms with Gasteiger partial charge in [-0.15, -0.1) is 0 Å². The van der Waals surface area contributed by atoms with E-state index in [0.717, 1.165) is 45.7 Å². The first-order valence-corrected chi connectivity index (χ1v) is 8.02. The number of ether oxygens (including phenoxy) is 1. The van der Waals surface area contributed by atoms with Gasteiger partial charge in [0.1, 0.15) is 6.61 Å². The molecule has 1 aliphatic carbocycles. The molecule has 0 spiro atoms. The Kier molecular flexibility index (Phi) is 6.36. The maximum absolute atomic E-state index is 10.8. The van der Waals surface area contributed by atoms with Gasteiger partial charge in [-0.2, -0.15) is 0 Å². The van der Waals surface area contributed by atoms with Gasteiger partial charge < -0.3 is 14.7 Å². The number of morpholine rings is 1. The number of aliphatic carboxylic acids is 1. The Bertz CT molecular complexity index is 543. The molecule has 23 heavy (non-hydrogen) atoms. The molecule has 1 aliphatic heterocycles. The van der Waals surface area contributed by atoms with E-state index in [9.17, 15) is 4.79 Å². The molecule has 0 aromatic carbocycles. The predicted octanol–water partition coefficient (Wildman–Crippen LogP) is 2.22. The van der Waals surface area contributed by atoms with E-state index >= 15 is 0 Å². The maximum Gasteiger partial charge on any atom is 0.353 e. The second-order valence-corrected chi connectivity index (χ2v) is 6.27. The Hall–Kier alpha value is -1.66. The van der Waals surface area contributed by atoms with E-state index in [4.69, 9.17) is 14.7 Å². The number of oxime groups is 1. The van der Waals surface area contributed by atoms with Crippen molar-refractivity contribution in [2.45, 2.75) is 33.6 Å². The highest BCUT2D eigenvalue weighted by molar-refractivity contribution is 6.34. The second-order valence-electron chi connectivity index (χ2n) is 6.27. The molecule has 1 N–H and O–H groups in total. The maximum atomic E-state index is 10.8. The van der Waals surface area contributed by atoms with Gasteiger partial charge in [0.15, 0.2) is 5.71 Å². The third-order valence-corrected chi connectivity index (χ3v) is 4.45. The molecule has 6 heteroatoms. The fraction of sp³-hybridized carbons (Fsp3) is 0.647. The summed E-state index contributed by atoms with van der Waals surface area (Å²) in [5, 5.41) is 12.5. The van der Waals surface area contributed by atoms with E-state index in [2.05, 4.69) is 23.9 Å². The van der Waals surface area contributed by atoms with Gasteiger partial charge in [0.2, 0.25) is 0 Å². The SMILES string of the molecule is CC(=NOCC1=C(CN2CCOCC2)CC(C)=C(C)C1)C(=O)O. The highest BCUT2D eigenvalue weighted by Crippen LogP contribution is 2.30. The number of allylic oxidation sites excluding steroid dienone is 2. The molecule has 1 saturated heterocycles. The van der Waals surface area contributed by atoms with Crippen LogP contribution < -0.4 is 0 Å². The lowest BCUT2D eigenvalue weighted by Crippen LogP contribution is -2.38. The summed E-state index contributed by atoms with van der Waals surface area (Å²) in [4.78, 5) is 18.4. The molecule has 0 aromatic heterocycles. The van der Waals surface area contributed by atoms with Gasteiger partial charge in [-0.25, -0.2) is 4.79 Å². The first-order valence-electron chi connectivity index (χ1n) is 8.02. The predicted molar refractivity (Wildman–Crippen MR) is 88.6 cm³/mol. The monoisotopic (exact) mass is 322 g/mol. The van der Waals surface area contributed by atoms with Crippen LogP contribution in [0.1, 0.15) is 33.6 Å². The average Bonchev–Trinajstić information content (AvgIpc) is 2.52. The molecule has 0 amide bonds. The molecule has 6 nitrogen and oxygen atoms in total. The minimum atomic E-state index is -1.05. The fourth-order valence-corrected chi connectivity index (χ4v) is 2.79. The number of hydrogen-bond acceptors (Lipinski definition) is 5. The quantitative estimate of drug-likeness (QED) is 0.461. The average molecular weight is 322 g/mol. The Morgan fingerprint density at radius 1 is 1.22 bits per heavy atom. The number of carboxylic acid groups (broad SMARTS) is 1. The summed E-state index contributed by atoms with van der Waals surface area (Å²) >= 11 is 0. The lowest BCUT2D eigenvalue weighted by atomic mass is 9.87. The first-order chi connectivity index (χ1) is 11.0.